The van der Waals surface area contributed by atoms with Crippen LogP contribution in [0.3, 0.4) is 0 Å². The Balaban J connectivity index is 1.43. The van der Waals surface area contributed by atoms with Gasteiger partial charge in [0.1, 0.15) is 5.82 Å². The lowest BCUT2D eigenvalue weighted by atomic mass is 10.2. The first-order valence-electron chi connectivity index (χ1n) is 8.65. The maximum atomic E-state index is 13.0. The van der Waals surface area contributed by atoms with Crippen molar-refractivity contribution in [3.63, 3.8) is 0 Å². The first kappa shape index (κ1) is 17.8. The highest BCUT2D eigenvalue weighted by atomic mass is 19.1. The molecule has 4 aromatic rings. The second kappa shape index (κ2) is 7.57. The van der Waals surface area contributed by atoms with E-state index in [0.717, 1.165) is 16.8 Å². The monoisotopic (exact) mass is 380 g/mol. The summed E-state index contributed by atoms with van der Waals surface area (Å²) in [6.07, 6.45) is 7.26. The van der Waals surface area contributed by atoms with Gasteiger partial charge in [-0.1, -0.05) is 0 Å². The summed E-state index contributed by atoms with van der Waals surface area (Å²) in [5.41, 5.74) is 3.16. The number of aromatic nitrogens is 5. The minimum Gasteiger partial charge on any atom is -0.396 e. The summed E-state index contributed by atoms with van der Waals surface area (Å²) in [5.74, 6) is -0.641. The van der Waals surface area contributed by atoms with Crippen molar-refractivity contribution in [2.24, 2.45) is 0 Å². The summed E-state index contributed by atoms with van der Waals surface area (Å²) >= 11 is 0. The molecule has 0 aliphatic rings. The van der Waals surface area contributed by atoms with Crippen LogP contribution in [0.15, 0.2) is 55.1 Å². The van der Waals surface area contributed by atoms with Gasteiger partial charge in [-0.25, -0.2) is 18.6 Å². The standard InChI is InChI=1S/C19H17FN6O2/c20-15-1-3-16(4-2-15)25-12-14(10-23-25)9-22-19(28)17-7-18-21-8-13(5-6-27)11-26(18)24-17/h1-4,7-8,10-12,27H,5-6,9H2,(H,22,28). The molecule has 142 valence electrons. The second-order valence-electron chi connectivity index (χ2n) is 6.22. The predicted octanol–water partition coefficient (Wildman–Crippen LogP) is 1.52. The van der Waals surface area contributed by atoms with E-state index in [1.807, 2.05) is 0 Å². The SMILES string of the molecule is O=C(NCc1cnn(-c2ccc(F)cc2)c1)c1cc2ncc(CCO)cn2n1. The summed E-state index contributed by atoms with van der Waals surface area (Å²) in [5, 5.41) is 20.3. The highest BCUT2D eigenvalue weighted by molar-refractivity contribution is 5.93. The van der Waals surface area contributed by atoms with Crippen molar-refractivity contribution in [2.45, 2.75) is 13.0 Å². The van der Waals surface area contributed by atoms with Crippen molar-refractivity contribution in [1.29, 1.82) is 0 Å². The molecule has 1 amide bonds. The van der Waals surface area contributed by atoms with Crippen molar-refractivity contribution in [1.82, 2.24) is 29.7 Å². The lowest BCUT2D eigenvalue weighted by Gasteiger charge is -2.01. The average molecular weight is 380 g/mol. The van der Waals surface area contributed by atoms with E-state index < -0.39 is 0 Å². The third kappa shape index (κ3) is 3.74. The summed E-state index contributed by atoms with van der Waals surface area (Å²) in [6, 6.07) is 7.57. The third-order valence-corrected chi connectivity index (χ3v) is 4.18. The molecule has 2 N–H and O–H groups in total. The molecule has 0 saturated heterocycles. The molecule has 0 aliphatic heterocycles. The maximum absolute atomic E-state index is 13.0. The number of aliphatic hydroxyl groups excluding tert-OH is 1. The van der Waals surface area contributed by atoms with Crippen LogP contribution in [0.5, 0.6) is 0 Å². The molecule has 9 heteroatoms. The van der Waals surface area contributed by atoms with E-state index in [1.165, 1.54) is 16.6 Å². The molecular weight excluding hydrogens is 363 g/mol. The summed E-state index contributed by atoms with van der Waals surface area (Å²) in [7, 11) is 0. The van der Waals surface area contributed by atoms with Crippen molar-refractivity contribution in [2.75, 3.05) is 6.61 Å². The Morgan fingerprint density at radius 3 is 2.75 bits per heavy atom. The van der Waals surface area contributed by atoms with E-state index in [4.69, 9.17) is 5.11 Å². The van der Waals surface area contributed by atoms with E-state index in [2.05, 4.69) is 20.5 Å². The highest BCUT2D eigenvalue weighted by Gasteiger charge is 2.12. The number of carbonyl (C=O) groups is 1. The zero-order chi connectivity index (χ0) is 19.5. The van der Waals surface area contributed by atoms with Crippen molar-refractivity contribution >= 4 is 11.6 Å². The molecule has 0 spiro atoms. The van der Waals surface area contributed by atoms with Crippen LogP contribution in [-0.2, 0) is 13.0 Å². The van der Waals surface area contributed by atoms with E-state index in [1.54, 1.807) is 47.7 Å². The molecular formula is C19H17FN6O2. The van der Waals surface area contributed by atoms with Crippen LogP contribution in [0.1, 0.15) is 21.6 Å². The van der Waals surface area contributed by atoms with Gasteiger partial charge in [-0.2, -0.15) is 10.2 Å². The highest BCUT2D eigenvalue weighted by Crippen LogP contribution is 2.10. The lowest BCUT2D eigenvalue weighted by molar-refractivity contribution is 0.0945. The van der Waals surface area contributed by atoms with Gasteiger partial charge in [-0.15, -0.1) is 0 Å². The largest absolute Gasteiger partial charge is 0.396 e. The summed E-state index contributed by atoms with van der Waals surface area (Å²) in [4.78, 5) is 16.6. The van der Waals surface area contributed by atoms with Crippen LogP contribution in [0.25, 0.3) is 11.3 Å². The fourth-order valence-corrected chi connectivity index (χ4v) is 2.74. The van der Waals surface area contributed by atoms with Crippen LogP contribution < -0.4 is 5.32 Å². The summed E-state index contributed by atoms with van der Waals surface area (Å²) < 4.78 is 16.1. The van der Waals surface area contributed by atoms with Crippen LogP contribution in [0.4, 0.5) is 4.39 Å². The van der Waals surface area contributed by atoms with Crippen LogP contribution in [0, 0.1) is 5.82 Å². The number of amides is 1. The lowest BCUT2D eigenvalue weighted by Crippen LogP contribution is -2.23. The smallest absolute Gasteiger partial charge is 0.272 e. The first-order valence-corrected chi connectivity index (χ1v) is 8.65. The average Bonchev–Trinajstić information content (AvgIpc) is 3.34. The minimum atomic E-state index is -0.330. The molecule has 0 bridgehead atoms. The quantitative estimate of drug-likeness (QED) is 0.529. The van der Waals surface area contributed by atoms with Gasteiger partial charge in [0, 0.05) is 43.4 Å². The first-order chi connectivity index (χ1) is 13.6. The zero-order valence-electron chi connectivity index (χ0n) is 14.8. The number of benzene rings is 1. The predicted molar refractivity (Wildman–Crippen MR) is 98.5 cm³/mol. The molecule has 0 atom stereocenters. The van der Waals surface area contributed by atoms with Crippen LogP contribution >= 0.6 is 0 Å². The van der Waals surface area contributed by atoms with Gasteiger partial charge in [0.05, 0.1) is 11.9 Å². The van der Waals surface area contributed by atoms with Crippen LogP contribution in [-0.4, -0.2) is 42.0 Å². The number of rotatable bonds is 6. The zero-order valence-corrected chi connectivity index (χ0v) is 14.8. The van der Waals surface area contributed by atoms with Crippen molar-refractivity contribution in [3.8, 4) is 5.69 Å². The fourth-order valence-electron chi connectivity index (χ4n) is 2.74. The summed E-state index contributed by atoms with van der Waals surface area (Å²) in [6.45, 7) is 0.296. The Morgan fingerprint density at radius 2 is 1.96 bits per heavy atom. The molecule has 0 radical (unpaired) electrons. The van der Waals surface area contributed by atoms with Gasteiger partial charge in [0.15, 0.2) is 11.3 Å². The number of hydrogen-bond acceptors (Lipinski definition) is 5. The van der Waals surface area contributed by atoms with E-state index in [9.17, 15) is 9.18 Å². The van der Waals surface area contributed by atoms with Gasteiger partial charge in [-0.3, -0.25) is 4.79 Å². The second-order valence-corrected chi connectivity index (χ2v) is 6.22. The Labute approximate surface area is 159 Å². The molecule has 28 heavy (non-hydrogen) atoms. The number of nitrogens with zero attached hydrogens (tertiary/aromatic N) is 5. The van der Waals surface area contributed by atoms with Crippen molar-refractivity contribution in [3.05, 3.63) is 77.8 Å². The van der Waals surface area contributed by atoms with Crippen molar-refractivity contribution < 1.29 is 14.3 Å². The molecule has 3 heterocycles. The normalized spacial score (nSPS) is 11.1. The minimum absolute atomic E-state index is 0.0212. The number of hydrogen-bond donors (Lipinski definition) is 2. The molecule has 0 fully saturated rings. The fraction of sp³-hybridized carbons (Fsp3) is 0.158. The Hall–Kier alpha value is -3.59. The molecule has 3 aromatic heterocycles. The number of halogens is 1. The van der Waals surface area contributed by atoms with Crippen LogP contribution in [0.2, 0.25) is 0 Å². The Kier molecular flexibility index (Phi) is 4.81. The third-order valence-electron chi connectivity index (χ3n) is 4.18. The van der Waals surface area contributed by atoms with Gasteiger partial charge < -0.3 is 10.4 Å². The van der Waals surface area contributed by atoms with Gasteiger partial charge in [-0.05, 0) is 36.2 Å². The number of aliphatic hydroxyl groups is 1. The van der Waals surface area contributed by atoms with Gasteiger partial charge >= 0.3 is 0 Å². The van der Waals surface area contributed by atoms with E-state index in [-0.39, 0.29) is 30.6 Å². The number of carbonyl (C=O) groups excluding carboxylic acids is 1. The topological polar surface area (TPSA) is 97.3 Å². The number of fused-ring (bicyclic) bond motifs is 1. The van der Waals surface area contributed by atoms with E-state index in [0.29, 0.717) is 12.1 Å². The molecule has 0 aliphatic carbocycles. The van der Waals surface area contributed by atoms with Gasteiger partial charge in [0.25, 0.3) is 5.91 Å². The van der Waals surface area contributed by atoms with Gasteiger partial charge in [0.2, 0.25) is 0 Å². The molecule has 0 unspecified atom stereocenters. The Morgan fingerprint density at radius 1 is 1.14 bits per heavy atom. The number of nitrogens with one attached hydrogen (secondary N) is 1. The maximum Gasteiger partial charge on any atom is 0.272 e. The Bertz CT molecular complexity index is 1120. The molecule has 4 rings (SSSR count). The molecule has 1 aromatic carbocycles. The molecule has 8 nitrogen and oxygen atoms in total. The molecule has 0 saturated carbocycles. The van der Waals surface area contributed by atoms with E-state index >= 15 is 0 Å².